The van der Waals surface area contributed by atoms with Crippen molar-refractivity contribution >= 4 is 5.97 Å². The average molecular weight is 267 g/mol. The number of carboxylic acids is 1. The van der Waals surface area contributed by atoms with Crippen LogP contribution in [0.25, 0.3) is 0 Å². The summed E-state index contributed by atoms with van der Waals surface area (Å²) in [5.41, 5.74) is -0.452. The summed E-state index contributed by atoms with van der Waals surface area (Å²) in [6, 6.07) is 0.686. The molecule has 0 aliphatic heterocycles. The van der Waals surface area contributed by atoms with Gasteiger partial charge in [-0.15, -0.1) is 0 Å². The molecule has 3 nitrogen and oxygen atoms in total. The van der Waals surface area contributed by atoms with Crippen LogP contribution >= 0.6 is 0 Å². The van der Waals surface area contributed by atoms with Crippen molar-refractivity contribution in [1.29, 1.82) is 0 Å². The molecule has 19 heavy (non-hydrogen) atoms. The van der Waals surface area contributed by atoms with E-state index in [1.807, 2.05) is 0 Å². The van der Waals surface area contributed by atoms with Crippen molar-refractivity contribution < 1.29 is 9.90 Å². The summed E-state index contributed by atoms with van der Waals surface area (Å²) < 4.78 is 0. The highest BCUT2D eigenvalue weighted by Crippen LogP contribution is 2.39. The third kappa shape index (κ3) is 3.95. The molecule has 0 spiro atoms. The zero-order valence-electron chi connectivity index (χ0n) is 12.4. The van der Waals surface area contributed by atoms with Gasteiger partial charge in [0.25, 0.3) is 0 Å². The van der Waals surface area contributed by atoms with Gasteiger partial charge in [0.05, 0.1) is 5.41 Å². The molecule has 0 radical (unpaired) electrons. The van der Waals surface area contributed by atoms with Crippen molar-refractivity contribution in [2.24, 2.45) is 5.41 Å². The topological polar surface area (TPSA) is 40.5 Å². The maximum Gasteiger partial charge on any atom is 0.310 e. The van der Waals surface area contributed by atoms with Crippen molar-refractivity contribution in [2.75, 3.05) is 13.1 Å². The van der Waals surface area contributed by atoms with E-state index in [0.717, 1.165) is 38.8 Å². The van der Waals surface area contributed by atoms with E-state index in [2.05, 4.69) is 11.8 Å². The molecule has 0 aromatic carbocycles. The molecule has 2 rings (SSSR count). The number of nitrogens with zero attached hydrogens (tertiary/aromatic N) is 1. The van der Waals surface area contributed by atoms with Crippen molar-refractivity contribution in [3.8, 4) is 0 Å². The molecule has 0 aromatic rings. The van der Waals surface area contributed by atoms with E-state index >= 15 is 0 Å². The minimum Gasteiger partial charge on any atom is -0.481 e. The van der Waals surface area contributed by atoms with Gasteiger partial charge < -0.3 is 5.11 Å². The monoisotopic (exact) mass is 267 g/mol. The molecule has 0 atom stereocenters. The zero-order valence-corrected chi connectivity index (χ0v) is 12.4. The molecule has 0 unspecified atom stereocenters. The molecule has 0 aromatic heterocycles. The molecule has 2 aliphatic carbocycles. The molecule has 2 saturated carbocycles. The SMILES string of the molecule is CCCCN(CC1(C(=O)O)CCCCCC1)C1CC1. The number of hydrogen-bond donors (Lipinski definition) is 1. The maximum atomic E-state index is 11.9. The Kier molecular flexibility index (Phi) is 5.26. The fourth-order valence-electron chi connectivity index (χ4n) is 3.43. The van der Waals surface area contributed by atoms with Gasteiger partial charge in [0.2, 0.25) is 0 Å². The van der Waals surface area contributed by atoms with Crippen LogP contribution in [0.5, 0.6) is 0 Å². The summed E-state index contributed by atoms with van der Waals surface area (Å²) in [4.78, 5) is 14.3. The smallest absolute Gasteiger partial charge is 0.310 e. The van der Waals surface area contributed by atoms with E-state index in [0.29, 0.717) is 6.04 Å². The molecule has 0 amide bonds. The molecule has 3 heteroatoms. The first-order valence-electron chi connectivity index (χ1n) is 8.15. The van der Waals surface area contributed by atoms with Crippen LogP contribution in [0.3, 0.4) is 0 Å². The second kappa shape index (κ2) is 6.74. The summed E-state index contributed by atoms with van der Waals surface area (Å²) in [7, 11) is 0. The van der Waals surface area contributed by atoms with Crippen LogP contribution in [-0.4, -0.2) is 35.1 Å². The summed E-state index contributed by atoms with van der Waals surface area (Å²) in [5.74, 6) is -0.545. The standard InChI is InChI=1S/C16H29NO2/c1-2-3-12-17(14-8-9-14)13-16(15(18)19)10-6-4-5-7-11-16/h14H,2-13H2,1H3,(H,18,19). The van der Waals surface area contributed by atoms with E-state index in [9.17, 15) is 9.90 Å². The minimum atomic E-state index is -0.545. The maximum absolute atomic E-state index is 11.9. The number of rotatable bonds is 7. The fourth-order valence-corrected chi connectivity index (χ4v) is 3.43. The van der Waals surface area contributed by atoms with Gasteiger partial charge in [-0.1, -0.05) is 39.0 Å². The first-order valence-corrected chi connectivity index (χ1v) is 8.15. The van der Waals surface area contributed by atoms with Crippen LogP contribution in [0.4, 0.5) is 0 Å². The highest BCUT2D eigenvalue weighted by atomic mass is 16.4. The Hall–Kier alpha value is -0.570. The predicted octanol–water partition coefficient (Wildman–Crippen LogP) is 3.68. The first kappa shape index (κ1) is 14.8. The third-order valence-corrected chi connectivity index (χ3v) is 4.88. The second-order valence-corrected chi connectivity index (χ2v) is 6.55. The highest BCUT2D eigenvalue weighted by molar-refractivity contribution is 5.75. The van der Waals surface area contributed by atoms with E-state index in [-0.39, 0.29) is 0 Å². The molecule has 0 bridgehead atoms. The third-order valence-electron chi connectivity index (χ3n) is 4.88. The van der Waals surface area contributed by atoms with Gasteiger partial charge in [0, 0.05) is 12.6 Å². The largest absolute Gasteiger partial charge is 0.481 e. The second-order valence-electron chi connectivity index (χ2n) is 6.55. The number of unbranched alkanes of at least 4 members (excludes halogenated alkanes) is 1. The first-order chi connectivity index (χ1) is 9.18. The van der Waals surface area contributed by atoms with Gasteiger partial charge in [-0.25, -0.2) is 0 Å². The molecule has 2 aliphatic rings. The lowest BCUT2D eigenvalue weighted by atomic mass is 9.79. The van der Waals surface area contributed by atoms with Crippen molar-refractivity contribution in [3.05, 3.63) is 0 Å². The van der Waals surface area contributed by atoms with E-state index in [1.165, 1.54) is 38.5 Å². The Morgan fingerprint density at radius 3 is 2.32 bits per heavy atom. The Labute approximate surface area is 117 Å². The number of carbonyl (C=O) groups is 1. The molecule has 110 valence electrons. The molecular weight excluding hydrogens is 238 g/mol. The van der Waals surface area contributed by atoms with Gasteiger partial charge in [-0.05, 0) is 38.6 Å². The lowest BCUT2D eigenvalue weighted by Crippen LogP contribution is -2.44. The van der Waals surface area contributed by atoms with Gasteiger partial charge in [-0.3, -0.25) is 9.69 Å². The Balaban J connectivity index is 2.02. The number of aliphatic carboxylic acids is 1. The van der Waals surface area contributed by atoms with Crippen molar-refractivity contribution in [2.45, 2.75) is 77.2 Å². The summed E-state index contributed by atoms with van der Waals surface area (Å²) >= 11 is 0. The number of hydrogen-bond acceptors (Lipinski definition) is 2. The number of carboxylic acid groups (broad SMARTS) is 1. The average Bonchev–Trinajstić information content (AvgIpc) is 3.21. The zero-order chi connectivity index (χ0) is 13.7. The molecule has 2 fully saturated rings. The Morgan fingerprint density at radius 1 is 1.21 bits per heavy atom. The quantitative estimate of drug-likeness (QED) is 0.715. The van der Waals surface area contributed by atoms with Crippen LogP contribution in [-0.2, 0) is 4.79 Å². The molecule has 1 N–H and O–H groups in total. The highest BCUT2D eigenvalue weighted by Gasteiger charge is 2.42. The summed E-state index contributed by atoms with van der Waals surface area (Å²) in [6.45, 7) is 4.10. The molecule has 0 heterocycles. The van der Waals surface area contributed by atoms with Crippen LogP contribution in [0.2, 0.25) is 0 Å². The predicted molar refractivity (Wildman–Crippen MR) is 77.3 cm³/mol. The van der Waals surface area contributed by atoms with Crippen LogP contribution in [0, 0.1) is 5.41 Å². The summed E-state index contributed by atoms with van der Waals surface area (Å²) in [6.07, 6.45) is 11.3. The van der Waals surface area contributed by atoms with Crippen LogP contribution < -0.4 is 0 Å². The summed E-state index contributed by atoms with van der Waals surface area (Å²) in [5, 5.41) is 9.76. The lowest BCUT2D eigenvalue weighted by Gasteiger charge is -2.34. The Morgan fingerprint density at radius 2 is 1.84 bits per heavy atom. The van der Waals surface area contributed by atoms with E-state index < -0.39 is 11.4 Å². The van der Waals surface area contributed by atoms with Crippen molar-refractivity contribution in [3.63, 3.8) is 0 Å². The van der Waals surface area contributed by atoms with E-state index in [4.69, 9.17) is 0 Å². The normalized spacial score (nSPS) is 23.3. The minimum absolute atomic E-state index is 0.452. The van der Waals surface area contributed by atoms with E-state index in [1.54, 1.807) is 0 Å². The molecule has 0 saturated heterocycles. The van der Waals surface area contributed by atoms with Gasteiger partial charge in [0.15, 0.2) is 0 Å². The van der Waals surface area contributed by atoms with Crippen LogP contribution in [0.1, 0.15) is 71.1 Å². The van der Waals surface area contributed by atoms with Gasteiger partial charge in [0.1, 0.15) is 0 Å². The van der Waals surface area contributed by atoms with Gasteiger partial charge >= 0.3 is 5.97 Å². The fraction of sp³-hybridized carbons (Fsp3) is 0.938. The lowest BCUT2D eigenvalue weighted by molar-refractivity contribution is -0.151. The van der Waals surface area contributed by atoms with Crippen molar-refractivity contribution in [1.82, 2.24) is 4.90 Å². The van der Waals surface area contributed by atoms with Gasteiger partial charge in [-0.2, -0.15) is 0 Å². The Bertz CT molecular complexity index is 291. The van der Waals surface area contributed by atoms with Crippen LogP contribution in [0.15, 0.2) is 0 Å². The molecular formula is C16H29NO2.